The van der Waals surface area contributed by atoms with Crippen LogP contribution < -0.4 is 5.73 Å². The Balaban J connectivity index is 0.000000399. The van der Waals surface area contributed by atoms with Crippen LogP contribution in [-0.4, -0.2) is 29.1 Å². The summed E-state index contributed by atoms with van der Waals surface area (Å²) in [5.74, 6) is -2.84. The van der Waals surface area contributed by atoms with Gasteiger partial charge in [0.15, 0.2) is 5.78 Å². The van der Waals surface area contributed by atoms with Gasteiger partial charge >= 0.3 is 12.1 Å². The van der Waals surface area contributed by atoms with Crippen molar-refractivity contribution in [1.29, 1.82) is 0 Å². The number of aliphatic carboxylic acids is 1. The van der Waals surface area contributed by atoms with Crippen molar-refractivity contribution in [2.75, 3.05) is 0 Å². The monoisotopic (exact) mass is 297 g/mol. The molecule has 1 aromatic rings. The van der Waals surface area contributed by atoms with Crippen LogP contribution in [0.25, 0.3) is 0 Å². The highest BCUT2D eigenvalue weighted by molar-refractivity contribution is 6.31. The molecule has 0 saturated heterocycles. The van der Waals surface area contributed by atoms with E-state index < -0.39 is 18.2 Å². The van der Waals surface area contributed by atoms with Gasteiger partial charge in [-0.15, -0.1) is 0 Å². The first-order valence-corrected chi connectivity index (χ1v) is 5.29. The molecule has 0 amide bonds. The van der Waals surface area contributed by atoms with Crippen LogP contribution >= 0.6 is 11.6 Å². The standard InChI is InChI=1S/C9H10ClNO.C2HF3O2/c1-6(11)9(12)7-3-2-4-8(10)5-7;3-2(4,5)1(6)7/h2-6H,11H2,1H3;(H,6,7). The van der Waals surface area contributed by atoms with E-state index in [2.05, 4.69) is 0 Å². The molecule has 0 aliphatic heterocycles. The number of carboxylic acids is 1. The zero-order valence-corrected chi connectivity index (χ0v) is 10.5. The summed E-state index contributed by atoms with van der Waals surface area (Å²) in [6.07, 6.45) is -5.08. The Hall–Kier alpha value is -1.60. The molecule has 0 aromatic heterocycles. The van der Waals surface area contributed by atoms with E-state index >= 15 is 0 Å². The molecule has 4 nitrogen and oxygen atoms in total. The Morgan fingerprint density at radius 1 is 1.37 bits per heavy atom. The van der Waals surface area contributed by atoms with Gasteiger partial charge in [0.25, 0.3) is 0 Å². The van der Waals surface area contributed by atoms with Crippen LogP contribution in [0.15, 0.2) is 24.3 Å². The lowest BCUT2D eigenvalue weighted by Gasteiger charge is -2.03. The van der Waals surface area contributed by atoms with Crippen molar-refractivity contribution in [2.45, 2.75) is 19.1 Å². The summed E-state index contributed by atoms with van der Waals surface area (Å²) in [4.78, 5) is 20.2. The summed E-state index contributed by atoms with van der Waals surface area (Å²) in [6, 6.07) is 6.31. The molecular formula is C11H11ClF3NO3. The van der Waals surface area contributed by atoms with E-state index in [0.717, 1.165) is 0 Å². The second-order valence-corrected chi connectivity index (χ2v) is 3.90. The molecule has 1 atom stereocenters. The lowest BCUT2D eigenvalue weighted by molar-refractivity contribution is -0.192. The fraction of sp³-hybridized carbons (Fsp3) is 0.273. The molecule has 3 N–H and O–H groups in total. The average Bonchev–Trinajstić information content (AvgIpc) is 2.27. The van der Waals surface area contributed by atoms with E-state index in [-0.39, 0.29) is 5.78 Å². The topological polar surface area (TPSA) is 80.4 Å². The molecule has 0 spiro atoms. The van der Waals surface area contributed by atoms with Crippen LogP contribution in [-0.2, 0) is 4.79 Å². The van der Waals surface area contributed by atoms with Crippen LogP contribution in [0.4, 0.5) is 13.2 Å². The van der Waals surface area contributed by atoms with Crippen molar-refractivity contribution in [3.63, 3.8) is 0 Å². The highest BCUT2D eigenvalue weighted by atomic mass is 35.5. The molecule has 0 fully saturated rings. The van der Waals surface area contributed by atoms with Crippen molar-refractivity contribution in [1.82, 2.24) is 0 Å². The number of Topliss-reactive ketones (excluding diaryl/α,β-unsaturated/α-hetero) is 1. The van der Waals surface area contributed by atoms with Gasteiger partial charge in [-0.3, -0.25) is 4.79 Å². The van der Waals surface area contributed by atoms with Crippen molar-refractivity contribution >= 4 is 23.4 Å². The van der Waals surface area contributed by atoms with Crippen LogP contribution in [0.2, 0.25) is 5.02 Å². The number of hydrogen-bond donors (Lipinski definition) is 2. The van der Waals surface area contributed by atoms with Crippen molar-refractivity contribution < 1.29 is 27.9 Å². The first kappa shape index (κ1) is 17.4. The van der Waals surface area contributed by atoms with Crippen molar-refractivity contribution in [2.24, 2.45) is 5.73 Å². The normalized spacial score (nSPS) is 12.1. The Morgan fingerprint density at radius 3 is 2.16 bits per heavy atom. The molecule has 19 heavy (non-hydrogen) atoms. The number of carbonyl (C=O) groups excluding carboxylic acids is 1. The van der Waals surface area contributed by atoms with Gasteiger partial charge in [0, 0.05) is 10.6 Å². The largest absolute Gasteiger partial charge is 0.490 e. The third-order valence-electron chi connectivity index (χ3n) is 1.77. The maximum absolute atomic E-state index is 11.3. The molecule has 8 heteroatoms. The first-order valence-electron chi connectivity index (χ1n) is 4.91. The maximum atomic E-state index is 11.3. The molecule has 1 rings (SSSR count). The van der Waals surface area contributed by atoms with E-state index in [1.54, 1.807) is 31.2 Å². The highest BCUT2D eigenvalue weighted by Crippen LogP contribution is 2.13. The van der Waals surface area contributed by atoms with Crippen LogP contribution in [0.5, 0.6) is 0 Å². The SMILES string of the molecule is CC(N)C(=O)c1cccc(Cl)c1.O=C(O)C(F)(F)F. The number of carbonyl (C=O) groups is 2. The first-order chi connectivity index (χ1) is 8.55. The summed E-state index contributed by atoms with van der Waals surface area (Å²) < 4.78 is 31.7. The molecular weight excluding hydrogens is 287 g/mol. The summed E-state index contributed by atoms with van der Waals surface area (Å²) in [5, 5.41) is 7.68. The predicted octanol–water partition coefficient (Wildman–Crippen LogP) is 2.50. The summed E-state index contributed by atoms with van der Waals surface area (Å²) in [7, 11) is 0. The molecule has 0 aliphatic rings. The Morgan fingerprint density at radius 2 is 1.84 bits per heavy atom. The summed E-state index contributed by atoms with van der Waals surface area (Å²) in [5.41, 5.74) is 5.99. The van der Waals surface area contributed by atoms with Crippen LogP contribution in [0, 0.1) is 0 Å². The van der Waals surface area contributed by atoms with Crippen LogP contribution in [0.3, 0.4) is 0 Å². The van der Waals surface area contributed by atoms with Crippen LogP contribution in [0.1, 0.15) is 17.3 Å². The predicted molar refractivity (Wildman–Crippen MR) is 63.1 cm³/mol. The number of alkyl halides is 3. The molecule has 0 radical (unpaired) electrons. The molecule has 0 heterocycles. The van der Waals surface area contributed by atoms with E-state index in [1.165, 1.54) is 0 Å². The molecule has 0 bridgehead atoms. The number of hydrogen-bond acceptors (Lipinski definition) is 3. The van der Waals surface area contributed by atoms with Gasteiger partial charge in [-0.2, -0.15) is 13.2 Å². The van der Waals surface area contributed by atoms with Gasteiger partial charge in [-0.1, -0.05) is 23.7 Å². The van der Waals surface area contributed by atoms with E-state index in [1.807, 2.05) is 0 Å². The minimum Gasteiger partial charge on any atom is -0.475 e. The quantitative estimate of drug-likeness (QED) is 0.822. The second kappa shape index (κ2) is 7.10. The number of ketones is 1. The molecule has 0 saturated carbocycles. The average molecular weight is 298 g/mol. The van der Waals surface area contributed by atoms with E-state index in [0.29, 0.717) is 10.6 Å². The summed E-state index contributed by atoms with van der Waals surface area (Å²) >= 11 is 5.70. The molecule has 0 aliphatic carbocycles. The van der Waals surface area contributed by atoms with Gasteiger partial charge < -0.3 is 10.8 Å². The van der Waals surface area contributed by atoms with Crippen molar-refractivity contribution in [3.8, 4) is 0 Å². The zero-order chi connectivity index (χ0) is 15.2. The number of rotatable bonds is 2. The lowest BCUT2D eigenvalue weighted by atomic mass is 10.1. The smallest absolute Gasteiger partial charge is 0.475 e. The third-order valence-corrected chi connectivity index (χ3v) is 2.00. The zero-order valence-electron chi connectivity index (χ0n) is 9.74. The van der Waals surface area contributed by atoms with Gasteiger partial charge in [0.2, 0.25) is 0 Å². The fourth-order valence-corrected chi connectivity index (χ4v) is 1.09. The minimum absolute atomic E-state index is 0.0856. The Labute approximate surface area is 112 Å². The van der Waals surface area contributed by atoms with Crippen molar-refractivity contribution in [3.05, 3.63) is 34.9 Å². The number of halogens is 4. The number of nitrogens with two attached hydrogens (primary N) is 1. The fourth-order valence-electron chi connectivity index (χ4n) is 0.905. The van der Waals surface area contributed by atoms with E-state index in [4.69, 9.17) is 27.2 Å². The highest BCUT2D eigenvalue weighted by Gasteiger charge is 2.38. The molecule has 106 valence electrons. The third kappa shape index (κ3) is 6.78. The second-order valence-electron chi connectivity index (χ2n) is 3.47. The van der Waals surface area contributed by atoms with Gasteiger partial charge in [-0.25, -0.2) is 4.79 Å². The molecule has 1 aromatic carbocycles. The lowest BCUT2D eigenvalue weighted by Crippen LogP contribution is -2.26. The van der Waals surface area contributed by atoms with E-state index in [9.17, 15) is 18.0 Å². The van der Waals surface area contributed by atoms with Gasteiger partial charge in [0.05, 0.1) is 6.04 Å². The van der Waals surface area contributed by atoms with Gasteiger partial charge in [-0.05, 0) is 19.1 Å². The minimum atomic E-state index is -5.08. The summed E-state index contributed by atoms with van der Waals surface area (Å²) in [6.45, 7) is 1.66. The van der Waals surface area contributed by atoms with Gasteiger partial charge in [0.1, 0.15) is 0 Å². The Bertz CT molecular complexity index is 461. The number of benzene rings is 1. The molecule has 1 unspecified atom stereocenters. The number of carboxylic acid groups (broad SMARTS) is 1. The Kier molecular flexibility index (Phi) is 6.51. The maximum Gasteiger partial charge on any atom is 0.490 e.